The normalized spacial score (nSPS) is 14.0. The van der Waals surface area contributed by atoms with Crippen molar-refractivity contribution in [3.05, 3.63) is 64.9 Å². The Morgan fingerprint density at radius 3 is 2.50 bits per heavy atom. The van der Waals surface area contributed by atoms with Crippen LogP contribution in [0.25, 0.3) is 0 Å². The predicted molar refractivity (Wildman–Crippen MR) is 94.7 cm³/mol. The Labute approximate surface area is 146 Å². The van der Waals surface area contributed by atoms with E-state index in [1.165, 1.54) is 6.07 Å². The maximum absolute atomic E-state index is 14.0. The second-order valence-corrected chi connectivity index (χ2v) is 6.53. The summed E-state index contributed by atoms with van der Waals surface area (Å²) in [5.74, 6) is -0.336. The largest absolute Gasteiger partial charge is 0.314 e. The number of hydrogen-bond acceptors (Lipinski definition) is 2. The average molecular weight is 347 g/mol. The molecular formula is C19H20ClFN2O. The number of nitrogens with zero attached hydrogens (tertiary/aromatic N) is 2. The van der Waals surface area contributed by atoms with Gasteiger partial charge >= 0.3 is 0 Å². The first kappa shape index (κ1) is 16.9. The van der Waals surface area contributed by atoms with Gasteiger partial charge in [0.15, 0.2) is 0 Å². The summed E-state index contributed by atoms with van der Waals surface area (Å²) in [4.78, 5) is 16.3. The monoisotopic (exact) mass is 346 g/mol. The van der Waals surface area contributed by atoms with Crippen molar-refractivity contribution in [2.45, 2.75) is 25.4 Å². The first-order valence-corrected chi connectivity index (χ1v) is 8.42. The molecule has 1 saturated carbocycles. The van der Waals surface area contributed by atoms with Crippen molar-refractivity contribution in [2.75, 3.05) is 18.5 Å². The molecule has 0 aliphatic heterocycles. The van der Waals surface area contributed by atoms with Crippen LogP contribution in [0.1, 0.15) is 18.4 Å². The van der Waals surface area contributed by atoms with Gasteiger partial charge in [0.1, 0.15) is 5.82 Å². The fraction of sp³-hybridized carbons (Fsp3) is 0.316. The number of rotatable bonds is 6. The number of carbonyl (C=O) groups excluding carboxylic acids is 1. The van der Waals surface area contributed by atoms with Crippen molar-refractivity contribution in [3.8, 4) is 0 Å². The molecule has 1 aliphatic carbocycles. The van der Waals surface area contributed by atoms with E-state index in [4.69, 9.17) is 11.6 Å². The van der Waals surface area contributed by atoms with E-state index < -0.39 is 0 Å². The van der Waals surface area contributed by atoms with E-state index in [-0.39, 0.29) is 18.3 Å². The molecule has 126 valence electrons. The fourth-order valence-corrected chi connectivity index (χ4v) is 2.94. The summed E-state index contributed by atoms with van der Waals surface area (Å²) in [5, 5.41) is 0.407. The minimum Gasteiger partial charge on any atom is -0.314 e. The van der Waals surface area contributed by atoms with Crippen LogP contribution in [0.2, 0.25) is 5.02 Å². The van der Waals surface area contributed by atoms with Gasteiger partial charge in [-0.1, -0.05) is 35.9 Å². The molecule has 0 radical (unpaired) electrons. The standard InChI is InChI=1S/C19H20ClFN2O/c1-22(14-6-3-2-4-7-14)19(24)13-23(15-10-11-15)12-16-17(20)8-5-9-18(16)21/h2-9,15H,10-13H2,1H3. The third kappa shape index (κ3) is 3.94. The molecule has 0 saturated heterocycles. The highest BCUT2D eigenvalue weighted by Crippen LogP contribution is 2.30. The lowest BCUT2D eigenvalue weighted by Gasteiger charge is -2.25. The number of benzene rings is 2. The van der Waals surface area contributed by atoms with Gasteiger partial charge in [-0.2, -0.15) is 0 Å². The zero-order valence-corrected chi connectivity index (χ0v) is 14.3. The molecule has 1 aliphatic rings. The molecular weight excluding hydrogens is 327 g/mol. The predicted octanol–water partition coefficient (Wildman–Crippen LogP) is 4.11. The van der Waals surface area contributed by atoms with Crippen molar-refractivity contribution in [2.24, 2.45) is 0 Å². The van der Waals surface area contributed by atoms with Crippen molar-refractivity contribution < 1.29 is 9.18 Å². The van der Waals surface area contributed by atoms with Gasteiger partial charge in [0.2, 0.25) is 5.91 Å². The Kier molecular flexibility index (Phi) is 5.17. The zero-order chi connectivity index (χ0) is 17.1. The van der Waals surface area contributed by atoms with Crippen molar-refractivity contribution in [1.82, 2.24) is 4.90 Å². The lowest BCUT2D eigenvalue weighted by molar-refractivity contribution is -0.119. The summed E-state index contributed by atoms with van der Waals surface area (Å²) in [6.45, 7) is 0.602. The third-order valence-electron chi connectivity index (χ3n) is 4.34. The third-order valence-corrected chi connectivity index (χ3v) is 4.70. The molecule has 0 bridgehead atoms. The quantitative estimate of drug-likeness (QED) is 0.786. The van der Waals surface area contributed by atoms with Gasteiger partial charge in [-0.25, -0.2) is 4.39 Å². The van der Waals surface area contributed by atoms with Gasteiger partial charge in [-0.05, 0) is 37.1 Å². The van der Waals surface area contributed by atoms with Crippen LogP contribution in [0.3, 0.4) is 0 Å². The summed E-state index contributed by atoms with van der Waals surface area (Å²) in [6.07, 6.45) is 2.07. The highest BCUT2D eigenvalue weighted by molar-refractivity contribution is 6.31. The molecule has 3 rings (SSSR count). The van der Waals surface area contributed by atoms with Gasteiger partial charge in [-0.15, -0.1) is 0 Å². The van der Waals surface area contributed by atoms with Crippen LogP contribution in [0, 0.1) is 5.82 Å². The molecule has 0 spiro atoms. The topological polar surface area (TPSA) is 23.6 Å². The van der Waals surface area contributed by atoms with E-state index in [2.05, 4.69) is 0 Å². The minimum absolute atomic E-state index is 0.0134. The zero-order valence-electron chi connectivity index (χ0n) is 13.6. The van der Waals surface area contributed by atoms with Crippen LogP contribution in [0.4, 0.5) is 10.1 Å². The van der Waals surface area contributed by atoms with E-state index in [0.29, 0.717) is 23.2 Å². The van der Waals surface area contributed by atoms with E-state index >= 15 is 0 Å². The molecule has 24 heavy (non-hydrogen) atoms. The molecule has 0 N–H and O–H groups in total. The SMILES string of the molecule is CN(C(=O)CN(Cc1c(F)cccc1Cl)C1CC1)c1ccccc1. The number of amides is 1. The number of carbonyl (C=O) groups is 1. The lowest BCUT2D eigenvalue weighted by Crippen LogP contribution is -2.39. The Bertz CT molecular complexity index is 698. The molecule has 0 heterocycles. The van der Waals surface area contributed by atoms with Crippen LogP contribution < -0.4 is 4.90 Å². The second kappa shape index (κ2) is 7.32. The molecule has 2 aromatic rings. The maximum Gasteiger partial charge on any atom is 0.240 e. The molecule has 0 atom stereocenters. The van der Waals surface area contributed by atoms with Crippen molar-refractivity contribution >= 4 is 23.2 Å². The lowest BCUT2D eigenvalue weighted by atomic mass is 10.2. The van der Waals surface area contributed by atoms with Gasteiger partial charge in [0.05, 0.1) is 6.54 Å². The molecule has 1 fully saturated rings. The number of anilines is 1. The van der Waals surface area contributed by atoms with Gasteiger partial charge in [-0.3, -0.25) is 9.69 Å². The summed E-state index contributed by atoms with van der Waals surface area (Å²) in [5.41, 5.74) is 1.31. The Hall–Kier alpha value is -1.91. The Balaban J connectivity index is 1.72. The van der Waals surface area contributed by atoms with Gasteiger partial charge in [0, 0.05) is 35.9 Å². The summed E-state index contributed by atoms with van der Waals surface area (Å²) >= 11 is 6.13. The molecule has 1 amide bonds. The highest BCUT2D eigenvalue weighted by Gasteiger charge is 2.32. The summed E-state index contributed by atoms with van der Waals surface area (Å²) in [6, 6.07) is 14.5. The highest BCUT2D eigenvalue weighted by atomic mass is 35.5. The van der Waals surface area contributed by atoms with Crippen molar-refractivity contribution in [3.63, 3.8) is 0 Å². The Morgan fingerprint density at radius 1 is 1.17 bits per heavy atom. The van der Waals surface area contributed by atoms with Gasteiger partial charge in [0.25, 0.3) is 0 Å². The fourth-order valence-electron chi connectivity index (χ4n) is 2.72. The smallest absolute Gasteiger partial charge is 0.240 e. The van der Waals surface area contributed by atoms with Crippen LogP contribution in [-0.2, 0) is 11.3 Å². The average Bonchev–Trinajstić information content (AvgIpc) is 3.42. The van der Waals surface area contributed by atoms with Crippen LogP contribution in [0.5, 0.6) is 0 Å². The Morgan fingerprint density at radius 2 is 1.88 bits per heavy atom. The molecule has 2 aromatic carbocycles. The number of hydrogen-bond donors (Lipinski definition) is 0. The van der Waals surface area contributed by atoms with Crippen molar-refractivity contribution in [1.29, 1.82) is 0 Å². The van der Waals surface area contributed by atoms with E-state index in [9.17, 15) is 9.18 Å². The summed E-state index contributed by atoms with van der Waals surface area (Å²) in [7, 11) is 1.76. The van der Waals surface area contributed by atoms with E-state index in [1.54, 1.807) is 24.1 Å². The number of para-hydroxylation sites is 1. The van der Waals surface area contributed by atoms with Gasteiger partial charge < -0.3 is 4.90 Å². The maximum atomic E-state index is 14.0. The number of halogens is 2. The molecule has 5 heteroatoms. The van der Waals surface area contributed by atoms with E-state index in [1.807, 2.05) is 35.2 Å². The molecule has 0 unspecified atom stereocenters. The van der Waals surface area contributed by atoms with Crippen LogP contribution in [0.15, 0.2) is 48.5 Å². The second-order valence-electron chi connectivity index (χ2n) is 6.12. The minimum atomic E-state index is -0.322. The first-order chi connectivity index (χ1) is 11.6. The molecule has 3 nitrogen and oxygen atoms in total. The summed E-state index contributed by atoms with van der Waals surface area (Å²) < 4.78 is 14.0. The van der Waals surface area contributed by atoms with Crippen LogP contribution >= 0.6 is 11.6 Å². The van der Waals surface area contributed by atoms with E-state index in [0.717, 1.165) is 18.5 Å². The van der Waals surface area contributed by atoms with Crippen LogP contribution in [-0.4, -0.2) is 30.4 Å². The molecule has 0 aromatic heterocycles. The number of likely N-dealkylation sites (N-methyl/N-ethyl adjacent to an activating group) is 1. The first-order valence-electron chi connectivity index (χ1n) is 8.05.